The molecule has 1 rings (SSSR count). The van der Waals surface area contributed by atoms with Gasteiger partial charge in [-0.05, 0) is 18.1 Å². The molecule has 1 N–H and O–H groups in total. The Morgan fingerprint density at radius 3 is 2.93 bits per heavy atom. The third kappa shape index (κ3) is 3.52. The van der Waals surface area contributed by atoms with Crippen molar-refractivity contribution in [3.63, 3.8) is 0 Å². The maximum absolute atomic E-state index is 5.07. The van der Waals surface area contributed by atoms with E-state index in [1.807, 2.05) is 0 Å². The van der Waals surface area contributed by atoms with Gasteiger partial charge in [0.1, 0.15) is 0 Å². The lowest BCUT2D eigenvalue weighted by Crippen LogP contribution is -2.24. The summed E-state index contributed by atoms with van der Waals surface area (Å²) >= 11 is 0. The van der Waals surface area contributed by atoms with Gasteiger partial charge in [0.25, 0.3) is 0 Å². The number of nitrogens with zero attached hydrogens (tertiary/aromatic N) is 1. The number of hydrogen-bond donors (Lipinski definition) is 1. The van der Waals surface area contributed by atoms with Gasteiger partial charge in [-0.1, -0.05) is 6.92 Å². The summed E-state index contributed by atoms with van der Waals surface area (Å²) in [6.45, 7) is 4.93. The van der Waals surface area contributed by atoms with Crippen LogP contribution in [0.5, 0.6) is 0 Å². The van der Waals surface area contributed by atoms with Gasteiger partial charge in [-0.3, -0.25) is 0 Å². The fourth-order valence-corrected chi connectivity index (χ4v) is 1.47. The highest BCUT2D eigenvalue weighted by molar-refractivity contribution is 5.05. The molecule has 1 atom stereocenters. The minimum Gasteiger partial charge on any atom is -0.384 e. The van der Waals surface area contributed by atoms with E-state index in [1.165, 1.54) is 5.69 Å². The van der Waals surface area contributed by atoms with Crippen LogP contribution in [-0.2, 0) is 18.3 Å². The van der Waals surface area contributed by atoms with Crippen LogP contribution in [0, 0.1) is 5.92 Å². The zero-order valence-corrected chi connectivity index (χ0v) is 9.29. The molecule has 0 aliphatic heterocycles. The lowest BCUT2D eigenvalue weighted by atomic mass is 10.2. The van der Waals surface area contributed by atoms with Gasteiger partial charge in [-0.15, -0.1) is 0 Å². The van der Waals surface area contributed by atoms with Gasteiger partial charge in [-0.25, -0.2) is 0 Å². The molecule has 0 amide bonds. The maximum Gasteiger partial charge on any atom is 0.0499 e. The first-order valence-electron chi connectivity index (χ1n) is 5.04. The van der Waals surface area contributed by atoms with Crippen molar-refractivity contribution in [2.45, 2.75) is 13.5 Å². The minimum atomic E-state index is 0.570. The molecule has 1 aromatic heterocycles. The van der Waals surface area contributed by atoms with Crippen molar-refractivity contribution in [1.82, 2.24) is 9.88 Å². The number of hydrogen-bond acceptors (Lipinski definition) is 2. The summed E-state index contributed by atoms with van der Waals surface area (Å²) in [5.41, 5.74) is 1.31. The normalized spacial score (nSPS) is 13.1. The lowest BCUT2D eigenvalue weighted by molar-refractivity contribution is 0.158. The van der Waals surface area contributed by atoms with Crippen LogP contribution in [0.4, 0.5) is 0 Å². The molecule has 0 radical (unpaired) electrons. The van der Waals surface area contributed by atoms with E-state index in [-0.39, 0.29) is 0 Å². The van der Waals surface area contributed by atoms with Crippen molar-refractivity contribution in [2.75, 3.05) is 20.3 Å². The molecule has 0 fully saturated rings. The van der Waals surface area contributed by atoms with Gasteiger partial charge in [0.15, 0.2) is 0 Å². The van der Waals surface area contributed by atoms with E-state index in [9.17, 15) is 0 Å². The first-order valence-corrected chi connectivity index (χ1v) is 5.04. The second kappa shape index (κ2) is 5.83. The van der Waals surface area contributed by atoms with E-state index in [1.54, 1.807) is 7.11 Å². The van der Waals surface area contributed by atoms with Crippen LogP contribution in [0.15, 0.2) is 18.3 Å². The number of methoxy groups -OCH3 is 1. The summed E-state index contributed by atoms with van der Waals surface area (Å²) in [7, 11) is 3.81. The van der Waals surface area contributed by atoms with Crippen molar-refractivity contribution in [2.24, 2.45) is 13.0 Å². The zero-order chi connectivity index (χ0) is 10.4. The van der Waals surface area contributed by atoms with E-state index in [0.717, 1.165) is 19.7 Å². The molecule has 3 nitrogen and oxygen atoms in total. The minimum absolute atomic E-state index is 0.570. The third-order valence-corrected chi connectivity index (χ3v) is 2.30. The second-order valence-corrected chi connectivity index (χ2v) is 3.80. The third-order valence-electron chi connectivity index (χ3n) is 2.30. The molecule has 1 unspecified atom stereocenters. The molecular formula is C11H20N2O. The van der Waals surface area contributed by atoms with E-state index >= 15 is 0 Å². The standard InChI is InChI=1S/C11H20N2O/c1-10(9-14-3)7-12-8-11-5-4-6-13(11)2/h4-6,10,12H,7-9H2,1-3H3. The molecule has 80 valence electrons. The SMILES string of the molecule is COCC(C)CNCc1cccn1C. The highest BCUT2D eigenvalue weighted by Crippen LogP contribution is 1.99. The molecule has 0 aliphatic rings. The van der Waals surface area contributed by atoms with Crippen molar-refractivity contribution >= 4 is 0 Å². The summed E-state index contributed by atoms with van der Waals surface area (Å²) in [5.74, 6) is 0.570. The Balaban J connectivity index is 2.19. The molecule has 3 heteroatoms. The summed E-state index contributed by atoms with van der Waals surface area (Å²) in [6, 6.07) is 4.20. The van der Waals surface area contributed by atoms with Crippen LogP contribution >= 0.6 is 0 Å². The quantitative estimate of drug-likeness (QED) is 0.744. The largest absolute Gasteiger partial charge is 0.384 e. The van der Waals surface area contributed by atoms with E-state index < -0.39 is 0 Å². The fourth-order valence-electron chi connectivity index (χ4n) is 1.47. The van der Waals surface area contributed by atoms with Crippen molar-refractivity contribution < 1.29 is 4.74 Å². The van der Waals surface area contributed by atoms with Crippen molar-refractivity contribution in [3.8, 4) is 0 Å². The van der Waals surface area contributed by atoms with Crippen LogP contribution in [0.25, 0.3) is 0 Å². The Morgan fingerprint density at radius 1 is 1.57 bits per heavy atom. The maximum atomic E-state index is 5.07. The van der Waals surface area contributed by atoms with Crippen molar-refractivity contribution in [1.29, 1.82) is 0 Å². The number of ether oxygens (including phenoxy) is 1. The van der Waals surface area contributed by atoms with Gasteiger partial charge in [-0.2, -0.15) is 0 Å². The topological polar surface area (TPSA) is 26.2 Å². The number of rotatable bonds is 6. The smallest absolute Gasteiger partial charge is 0.0499 e. The lowest BCUT2D eigenvalue weighted by Gasteiger charge is -2.11. The monoisotopic (exact) mass is 196 g/mol. The highest BCUT2D eigenvalue weighted by Gasteiger charge is 2.01. The molecule has 0 aromatic carbocycles. The number of nitrogens with one attached hydrogen (secondary N) is 1. The highest BCUT2D eigenvalue weighted by atomic mass is 16.5. The molecule has 0 saturated carbocycles. The molecule has 0 bridgehead atoms. The van der Waals surface area contributed by atoms with Crippen LogP contribution in [0.3, 0.4) is 0 Å². The second-order valence-electron chi connectivity index (χ2n) is 3.80. The molecule has 0 saturated heterocycles. The first kappa shape index (κ1) is 11.3. The predicted molar refractivity (Wildman–Crippen MR) is 58.2 cm³/mol. The summed E-state index contributed by atoms with van der Waals surface area (Å²) < 4.78 is 7.20. The Labute approximate surface area is 86.1 Å². The Bertz CT molecular complexity index is 258. The molecular weight excluding hydrogens is 176 g/mol. The van der Waals surface area contributed by atoms with E-state index in [4.69, 9.17) is 4.74 Å². The van der Waals surface area contributed by atoms with Gasteiger partial charge in [0.2, 0.25) is 0 Å². The predicted octanol–water partition coefficient (Wildman–Crippen LogP) is 1.40. The van der Waals surface area contributed by atoms with Gasteiger partial charge in [0, 0.05) is 45.7 Å². The Kier molecular flexibility index (Phi) is 4.70. The van der Waals surface area contributed by atoms with Gasteiger partial charge < -0.3 is 14.6 Å². The summed E-state index contributed by atoms with van der Waals surface area (Å²) in [4.78, 5) is 0. The average molecular weight is 196 g/mol. The van der Waals surface area contributed by atoms with Gasteiger partial charge >= 0.3 is 0 Å². The van der Waals surface area contributed by atoms with Crippen LogP contribution in [-0.4, -0.2) is 24.8 Å². The van der Waals surface area contributed by atoms with Crippen LogP contribution in [0.2, 0.25) is 0 Å². The number of aromatic nitrogens is 1. The number of aryl methyl sites for hydroxylation is 1. The van der Waals surface area contributed by atoms with Crippen molar-refractivity contribution in [3.05, 3.63) is 24.0 Å². The van der Waals surface area contributed by atoms with Crippen LogP contribution in [0.1, 0.15) is 12.6 Å². The molecule has 14 heavy (non-hydrogen) atoms. The summed E-state index contributed by atoms with van der Waals surface area (Å²) in [6.07, 6.45) is 2.07. The molecule has 0 aliphatic carbocycles. The van der Waals surface area contributed by atoms with E-state index in [2.05, 4.69) is 42.2 Å². The first-order chi connectivity index (χ1) is 6.74. The van der Waals surface area contributed by atoms with E-state index in [0.29, 0.717) is 5.92 Å². The Morgan fingerprint density at radius 2 is 2.36 bits per heavy atom. The van der Waals surface area contributed by atoms with Gasteiger partial charge in [0.05, 0.1) is 0 Å². The molecule has 1 heterocycles. The Hall–Kier alpha value is -0.800. The fraction of sp³-hybridized carbons (Fsp3) is 0.636. The summed E-state index contributed by atoms with van der Waals surface area (Å²) in [5, 5.41) is 3.41. The molecule has 1 aromatic rings. The molecule has 0 spiro atoms. The zero-order valence-electron chi connectivity index (χ0n) is 9.29. The van der Waals surface area contributed by atoms with Crippen LogP contribution < -0.4 is 5.32 Å². The average Bonchev–Trinajstić information content (AvgIpc) is 2.52.